The molecule has 0 fully saturated rings. The van der Waals surface area contributed by atoms with Gasteiger partial charge in [-0.3, -0.25) is 0 Å². The van der Waals surface area contributed by atoms with Crippen molar-refractivity contribution < 1.29 is 0 Å². The molecule has 4 heteroatoms. The number of nitrogens with zero attached hydrogens (tertiary/aromatic N) is 1. The van der Waals surface area contributed by atoms with Gasteiger partial charge in [0.1, 0.15) is 5.40 Å². The van der Waals surface area contributed by atoms with Gasteiger partial charge in [-0.2, -0.15) is 17.9 Å². The van der Waals surface area contributed by atoms with Crippen LogP contribution in [0.2, 0.25) is 0 Å². The second kappa shape index (κ2) is 5.63. The zero-order valence-electron chi connectivity index (χ0n) is 7.47. The standard InChI is InChI=1S/C10H10N2S2/c11-7-14-9-3-4-10(12)8(6-9)2-1-5-13/h1-4,6,13H,5,12H2. The summed E-state index contributed by atoms with van der Waals surface area (Å²) in [5, 5.41) is 10.5. The van der Waals surface area contributed by atoms with Crippen molar-refractivity contribution in [2.45, 2.75) is 4.90 Å². The smallest absolute Gasteiger partial charge is 0.138 e. The second-order valence-electron chi connectivity index (χ2n) is 2.57. The van der Waals surface area contributed by atoms with Crippen LogP contribution in [0.4, 0.5) is 5.69 Å². The van der Waals surface area contributed by atoms with Gasteiger partial charge in [-0.25, -0.2) is 0 Å². The fourth-order valence-electron chi connectivity index (χ4n) is 0.993. The quantitative estimate of drug-likeness (QED) is 0.358. The summed E-state index contributed by atoms with van der Waals surface area (Å²) in [5.41, 5.74) is 7.40. The van der Waals surface area contributed by atoms with Crippen LogP contribution < -0.4 is 5.73 Å². The van der Waals surface area contributed by atoms with Gasteiger partial charge in [0.15, 0.2) is 0 Å². The lowest BCUT2D eigenvalue weighted by atomic mass is 10.2. The third-order valence-electron chi connectivity index (χ3n) is 1.62. The van der Waals surface area contributed by atoms with Crippen molar-refractivity contribution in [3.63, 3.8) is 0 Å². The number of nitriles is 1. The molecule has 0 spiro atoms. The van der Waals surface area contributed by atoms with Crippen LogP contribution in [0.1, 0.15) is 5.56 Å². The highest BCUT2D eigenvalue weighted by Crippen LogP contribution is 2.23. The zero-order valence-corrected chi connectivity index (χ0v) is 9.18. The molecule has 0 heterocycles. The van der Waals surface area contributed by atoms with E-state index in [0.29, 0.717) is 11.4 Å². The van der Waals surface area contributed by atoms with E-state index in [9.17, 15) is 0 Å². The lowest BCUT2D eigenvalue weighted by molar-refractivity contribution is 1.45. The minimum absolute atomic E-state index is 0.676. The lowest BCUT2D eigenvalue weighted by Gasteiger charge is -2.01. The van der Waals surface area contributed by atoms with Crippen molar-refractivity contribution in [3.05, 3.63) is 29.8 Å². The van der Waals surface area contributed by atoms with E-state index in [1.807, 2.05) is 29.7 Å². The summed E-state index contributed by atoms with van der Waals surface area (Å²) >= 11 is 5.20. The Morgan fingerprint density at radius 3 is 3.00 bits per heavy atom. The van der Waals surface area contributed by atoms with Gasteiger partial charge in [0, 0.05) is 16.3 Å². The monoisotopic (exact) mass is 222 g/mol. The Labute approximate surface area is 93.2 Å². The first-order valence-corrected chi connectivity index (χ1v) is 5.45. The van der Waals surface area contributed by atoms with E-state index < -0.39 is 0 Å². The van der Waals surface area contributed by atoms with Crippen molar-refractivity contribution >= 4 is 36.2 Å². The molecule has 72 valence electrons. The van der Waals surface area contributed by atoms with Crippen molar-refractivity contribution in [2.75, 3.05) is 11.5 Å². The maximum Gasteiger partial charge on any atom is 0.138 e. The number of thiol groups is 1. The molecule has 0 unspecified atom stereocenters. The highest BCUT2D eigenvalue weighted by atomic mass is 32.2. The maximum atomic E-state index is 8.51. The fraction of sp³-hybridized carbons (Fsp3) is 0.100. The predicted molar refractivity (Wildman–Crippen MR) is 65.2 cm³/mol. The Balaban J connectivity index is 2.97. The number of nitrogen functional groups attached to an aromatic ring is 1. The van der Waals surface area contributed by atoms with E-state index in [1.54, 1.807) is 6.07 Å². The zero-order chi connectivity index (χ0) is 10.4. The number of rotatable bonds is 3. The Hall–Kier alpha value is -1.05. The van der Waals surface area contributed by atoms with Crippen LogP contribution in [-0.2, 0) is 0 Å². The summed E-state index contributed by atoms with van der Waals surface area (Å²) in [4.78, 5) is 0.903. The molecule has 2 N–H and O–H groups in total. The molecule has 0 bridgehead atoms. The normalized spacial score (nSPS) is 10.3. The first-order chi connectivity index (χ1) is 6.77. The van der Waals surface area contributed by atoms with Crippen LogP contribution in [0.15, 0.2) is 29.2 Å². The van der Waals surface area contributed by atoms with E-state index >= 15 is 0 Å². The van der Waals surface area contributed by atoms with Gasteiger partial charge in [0.05, 0.1) is 0 Å². The molecule has 0 aliphatic heterocycles. The number of thioether (sulfide) groups is 1. The van der Waals surface area contributed by atoms with Crippen LogP contribution in [0.3, 0.4) is 0 Å². The van der Waals surface area contributed by atoms with E-state index in [1.165, 1.54) is 0 Å². The van der Waals surface area contributed by atoms with Crippen molar-refractivity contribution in [1.82, 2.24) is 0 Å². The van der Waals surface area contributed by atoms with Crippen LogP contribution in [0.5, 0.6) is 0 Å². The van der Waals surface area contributed by atoms with Gasteiger partial charge in [0.2, 0.25) is 0 Å². The predicted octanol–water partition coefficient (Wildman–Crippen LogP) is 2.78. The summed E-state index contributed by atoms with van der Waals surface area (Å²) in [6.45, 7) is 0. The lowest BCUT2D eigenvalue weighted by Crippen LogP contribution is -1.88. The number of hydrogen-bond donors (Lipinski definition) is 2. The maximum absolute atomic E-state index is 8.51. The minimum Gasteiger partial charge on any atom is -0.398 e. The largest absolute Gasteiger partial charge is 0.398 e. The van der Waals surface area contributed by atoms with Crippen LogP contribution in [0, 0.1) is 10.7 Å². The topological polar surface area (TPSA) is 49.8 Å². The van der Waals surface area contributed by atoms with Gasteiger partial charge < -0.3 is 5.73 Å². The Morgan fingerprint density at radius 1 is 1.57 bits per heavy atom. The summed E-state index contributed by atoms with van der Waals surface area (Å²) in [7, 11) is 0. The molecule has 0 saturated carbocycles. The molecule has 0 saturated heterocycles. The molecule has 0 aliphatic carbocycles. The molecular weight excluding hydrogens is 212 g/mol. The number of anilines is 1. The summed E-state index contributed by atoms with van der Waals surface area (Å²) < 4.78 is 0. The van der Waals surface area contributed by atoms with Gasteiger partial charge >= 0.3 is 0 Å². The minimum atomic E-state index is 0.676. The molecule has 1 rings (SSSR count). The SMILES string of the molecule is N#CSc1ccc(N)c(C=CCS)c1. The van der Waals surface area contributed by atoms with Gasteiger partial charge in [-0.1, -0.05) is 12.2 Å². The highest BCUT2D eigenvalue weighted by molar-refractivity contribution is 8.03. The number of nitrogens with two attached hydrogens (primary N) is 1. The molecule has 0 amide bonds. The van der Waals surface area contributed by atoms with E-state index in [-0.39, 0.29) is 0 Å². The second-order valence-corrected chi connectivity index (χ2v) is 3.79. The Morgan fingerprint density at radius 2 is 2.36 bits per heavy atom. The summed E-state index contributed by atoms with van der Waals surface area (Å²) in [6.07, 6.45) is 3.82. The average molecular weight is 222 g/mol. The van der Waals surface area contributed by atoms with Gasteiger partial charge in [-0.05, 0) is 35.5 Å². The van der Waals surface area contributed by atoms with Crippen molar-refractivity contribution in [1.29, 1.82) is 5.26 Å². The molecule has 0 atom stereocenters. The molecular formula is C10H10N2S2. The van der Waals surface area contributed by atoms with E-state index in [2.05, 4.69) is 12.6 Å². The number of benzene rings is 1. The first kappa shape index (κ1) is 11.0. The molecule has 14 heavy (non-hydrogen) atoms. The number of hydrogen-bond acceptors (Lipinski definition) is 4. The summed E-state index contributed by atoms with van der Waals surface area (Å²) in [5.74, 6) is 0.676. The van der Waals surface area contributed by atoms with Crippen molar-refractivity contribution in [2.24, 2.45) is 0 Å². The summed E-state index contributed by atoms with van der Waals surface area (Å²) in [6, 6.07) is 5.53. The Bertz CT molecular complexity index is 380. The molecule has 2 nitrogen and oxygen atoms in total. The molecule has 1 aromatic carbocycles. The van der Waals surface area contributed by atoms with Crippen LogP contribution in [-0.4, -0.2) is 5.75 Å². The molecule has 0 aliphatic rings. The Kier molecular flexibility index (Phi) is 4.44. The average Bonchev–Trinajstić information content (AvgIpc) is 2.19. The van der Waals surface area contributed by atoms with Crippen molar-refractivity contribution in [3.8, 4) is 5.40 Å². The molecule has 0 radical (unpaired) electrons. The van der Waals surface area contributed by atoms with E-state index in [4.69, 9.17) is 11.0 Å². The number of thiocyanates is 1. The fourth-order valence-corrected chi connectivity index (χ4v) is 1.53. The third kappa shape index (κ3) is 3.02. The first-order valence-electron chi connectivity index (χ1n) is 4.01. The molecule has 1 aromatic rings. The van der Waals surface area contributed by atoms with Gasteiger partial charge in [0.25, 0.3) is 0 Å². The van der Waals surface area contributed by atoms with E-state index in [0.717, 1.165) is 22.2 Å². The van der Waals surface area contributed by atoms with Crippen LogP contribution in [0.25, 0.3) is 6.08 Å². The third-order valence-corrected chi connectivity index (χ3v) is 2.42. The van der Waals surface area contributed by atoms with Gasteiger partial charge in [-0.15, -0.1) is 0 Å². The highest BCUT2D eigenvalue weighted by Gasteiger charge is 1.98. The molecule has 0 aromatic heterocycles. The van der Waals surface area contributed by atoms with Crippen LogP contribution >= 0.6 is 24.4 Å².